The first-order valence-electron chi connectivity index (χ1n) is 9.41. The molecule has 29 heavy (non-hydrogen) atoms. The largest absolute Gasteiger partial charge is 0.477 e. The highest BCUT2D eigenvalue weighted by atomic mass is 35.5. The number of amides is 2. The van der Waals surface area contributed by atoms with E-state index in [-0.39, 0.29) is 17.8 Å². The lowest BCUT2D eigenvalue weighted by molar-refractivity contribution is 0.0690. The predicted molar refractivity (Wildman–Crippen MR) is 110 cm³/mol. The second kappa shape index (κ2) is 9.09. The Hall–Kier alpha value is -2.87. The van der Waals surface area contributed by atoms with Crippen LogP contribution in [0.5, 0.6) is 0 Å². The highest BCUT2D eigenvalue weighted by Crippen LogP contribution is 2.21. The molecule has 0 aliphatic carbocycles. The van der Waals surface area contributed by atoms with Crippen molar-refractivity contribution < 1.29 is 14.7 Å². The number of nitrogens with zero attached hydrogens (tertiary/aromatic N) is 4. The molecule has 1 aliphatic rings. The maximum Gasteiger partial charge on any atom is 0.354 e. The molecule has 2 amide bonds. The summed E-state index contributed by atoms with van der Waals surface area (Å²) in [5, 5.41) is 12.8. The Balaban J connectivity index is 1.60. The number of likely N-dealkylation sites (N-methyl/N-ethyl adjacent to an activating group) is 1. The number of aromatic carboxylic acids is 1. The standard InChI is InChI=1S/C20H24ClN5O3/c1-13-8-14(5-6-16(13)21)10-22-20(29)25(2)15-4-3-7-26(11-15)18-9-17(19(27)28)23-12-24-18/h5-6,8-9,12,15H,3-4,7,10-11H2,1-2H3,(H,22,29)(H,27,28)/t15-/m1/s1. The van der Waals surface area contributed by atoms with Crippen molar-refractivity contribution in [2.45, 2.75) is 32.4 Å². The molecule has 154 valence electrons. The Morgan fingerprint density at radius 1 is 1.34 bits per heavy atom. The molecule has 8 nitrogen and oxygen atoms in total. The molecule has 3 rings (SSSR count). The maximum atomic E-state index is 12.6. The average molecular weight is 418 g/mol. The van der Waals surface area contributed by atoms with Crippen LogP contribution in [-0.4, -0.2) is 58.2 Å². The van der Waals surface area contributed by atoms with Crippen LogP contribution in [0.15, 0.2) is 30.6 Å². The zero-order chi connectivity index (χ0) is 21.0. The van der Waals surface area contributed by atoms with Crippen LogP contribution in [0.4, 0.5) is 10.6 Å². The second-order valence-electron chi connectivity index (χ2n) is 7.16. The van der Waals surface area contributed by atoms with Gasteiger partial charge < -0.3 is 20.2 Å². The molecule has 1 saturated heterocycles. The van der Waals surface area contributed by atoms with Gasteiger partial charge in [-0.1, -0.05) is 23.7 Å². The van der Waals surface area contributed by atoms with E-state index < -0.39 is 5.97 Å². The van der Waals surface area contributed by atoms with Gasteiger partial charge in [0, 0.05) is 37.8 Å². The summed E-state index contributed by atoms with van der Waals surface area (Å²) in [5.74, 6) is -0.524. The molecule has 1 fully saturated rings. The lowest BCUT2D eigenvalue weighted by Gasteiger charge is -2.38. The summed E-state index contributed by atoms with van der Waals surface area (Å²) >= 11 is 6.04. The SMILES string of the molecule is Cc1cc(CNC(=O)N(C)[C@@H]2CCCN(c3cc(C(=O)O)ncn3)C2)ccc1Cl. The Bertz CT molecular complexity index is 907. The predicted octanol–water partition coefficient (Wildman–Crippen LogP) is 2.95. The maximum absolute atomic E-state index is 12.6. The molecule has 2 aromatic rings. The van der Waals surface area contributed by atoms with Gasteiger partial charge in [0.15, 0.2) is 5.69 Å². The van der Waals surface area contributed by atoms with E-state index in [1.54, 1.807) is 11.9 Å². The number of piperidine rings is 1. The lowest BCUT2D eigenvalue weighted by atomic mass is 10.0. The molecule has 0 unspecified atom stereocenters. The van der Waals surface area contributed by atoms with Crippen molar-refractivity contribution in [2.75, 3.05) is 25.0 Å². The van der Waals surface area contributed by atoms with Gasteiger partial charge in [-0.3, -0.25) is 0 Å². The zero-order valence-corrected chi connectivity index (χ0v) is 17.2. The van der Waals surface area contributed by atoms with E-state index in [1.165, 1.54) is 12.4 Å². The van der Waals surface area contributed by atoms with Crippen molar-refractivity contribution in [2.24, 2.45) is 0 Å². The number of aromatic nitrogens is 2. The van der Waals surface area contributed by atoms with Crippen LogP contribution < -0.4 is 10.2 Å². The molecule has 9 heteroatoms. The van der Waals surface area contributed by atoms with Gasteiger partial charge in [0.1, 0.15) is 12.1 Å². The summed E-state index contributed by atoms with van der Waals surface area (Å²) in [6.45, 7) is 3.69. The highest BCUT2D eigenvalue weighted by molar-refractivity contribution is 6.31. The van der Waals surface area contributed by atoms with Crippen LogP contribution in [0.3, 0.4) is 0 Å². The van der Waals surface area contributed by atoms with Crippen molar-refractivity contribution in [1.82, 2.24) is 20.2 Å². The molecule has 0 spiro atoms. The van der Waals surface area contributed by atoms with Crippen LogP contribution in [0.25, 0.3) is 0 Å². The number of aryl methyl sites for hydroxylation is 1. The quantitative estimate of drug-likeness (QED) is 0.776. The summed E-state index contributed by atoms with van der Waals surface area (Å²) < 4.78 is 0. The number of rotatable bonds is 5. The second-order valence-corrected chi connectivity index (χ2v) is 7.57. The van der Waals surface area contributed by atoms with Crippen molar-refractivity contribution in [3.05, 3.63) is 52.4 Å². The summed E-state index contributed by atoms with van der Waals surface area (Å²) in [5.41, 5.74) is 1.92. The van der Waals surface area contributed by atoms with Crippen LogP contribution in [0, 0.1) is 6.92 Å². The topological polar surface area (TPSA) is 98.7 Å². The molecule has 1 atom stereocenters. The molecule has 2 heterocycles. The van der Waals surface area contributed by atoms with Gasteiger partial charge in [-0.15, -0.1) is 0 Å². The molecule has 1 aliphatic heterocycles. The van der Waals surface area contributed by atoms with Gasteiger partial charge >= 0.3 is 12.0 Å². The number of carbonyl (C=O) groups is 2. The minimum atomic E-state index is -1.09. The minimum Gasteiger partial charge on any atom is -0.477 e. The number of carboxylic acid groups (broad SMARTS) is 1. The number of benzene rings is 1. The monoisotopic (exact) mass is 417 g/mol. The fourth-order valence-electron chi connectivity index (χ4n) is 3.40. The van der Waals surface area contributed by atoms with Gasteiger partial charge in [-0.2, -0.15) is 0 Å². The van der Waals surface area contributed by atoms with Crippen LogP contribution in [-0.2, 0) is 6.54 Å². The third-order valence-corrected chi connectivity index (χ3v) is 5.55. The summed E-state index contributed by atoms with van der Waals surface area (Å²) in [4.78, 5) is 35.4. The number of urea groups is 1. The smallest absolute Gasteiger partial charge is 0.354 e. The van der Waals surface area contributed by atoms with E-state index in [1.807, 2.05) is 30.0 Å². The molecule has 2 N–H and O–H groups in total. The number of anilines is 1. The fraction of sp³-hybridized carbons (Fsp3) is 0.400. The van der Waals surface area contributed by atoms with Crippen LogP contribution in [0.1, 0.15) is 34.5 Å². The Morgan fingerprint density at radius 2 is 2.14 bits per heavy atom. The Labute approximate surface area is 174 Å². The number of carbonyl (C=O) groups excluding carboxylic acids is 1. The zero-order valence-electron chi connectivity index (χ0n) is 16.4. The number of halogens is 1. The normalized spacial score (nSPS) is 16.4. The van der Waals surface area contributed by atoms with Crippen molar-refractivity contribution >= 4 is 29.4 Å². The molecular formula is C20H24ClN5O3. The lowest BCUT2D eigenvalue weighted by Crippen LogP contribution is -2.51. The van der Waals surface area contributed by atoms with Gasteiger partial charge in [-0.25, -0.2) is 19.6 Å². The van der Waals surface area contributed by atoms with Crippen molar-refractivity contribution in [3.63, 3.8) is 0 Å². The number of hydrogen-bond donors (Lipinski definition) is 2. The number of carboxylic acids is 1. The molecular weight excluding hydrogens is 394 g/mol. The first-order chi connectivity index (χ1) is 13.8. The van der Waals surface area contributed by atoms with Crippen molar-refractivity contribution in [1.29, 1.82) is 0 Å². The van der Waals surface area contributed by atoms with E-state index in [2.05, 4.69) is 15.3 Å². The molecule has 0 radical (unpaired) electrons. The van der Waals surface area contributed by atoms with Crippen molar-refractivity contribution in [3.8, 4) is 0 Å². The van der Waals surface area contributed by atoms with E-state index in [9.17, 15) is 9.59 Å². The molecule has 1 aromatic carbocycles. The fourth-order valence-corrected chi connectivity index (χ4v) is 3.52. The third kappa shape index (κ3) is 5.14. The minimum absolute atomic E-state index is 0.000975. The Kier molecular flexibility index (Phi) is 6.53. The van der Waals surface area contributed by atoms with Gasteiger partial charge in [0.25, 0.3) is 0 Å². The summed E-state index contributed by atoms with van der Waals surface area (Å²) in [6, 6.07) is 6.99. The van der Waals surface area contributed by atoms with Gasteiger partial charge in [0.2, 0.25) is 0 Å². The van der Waals surface area contributed by atoms with E-state index in [0.717, 1.165) is 30.5 Å². The highest BCUT2D eigenvalue weighted by Gasteiger charge is 2.27. The van der Waals surface area contributed by atoms with E-state index in [4.69, 9.17) is 16.7 Å². The van der Waals surface area contributed by atoms with Crippen LogP contribution in [0.2, 0.25) is 5.02 Å². The van der Waals surface area contributed by atoms with Gasteiger partial charge in [0.05, 0.1) is 6.04 Å². The first kappa shape index (κ1) is 20.9. The Morgan fingerprint density at radius 3 is 2.86 bits per heavy atom. The summed E-state index contributed by atoms with van der Waals surface area (Å²) in [6.07, 6.45) is 3.01. The number of nitrogens with one attached hydrogen (secondary N) is 1. The summed E-state index contributed by atoms with van der Waals surface area (Å²) in [7, 11) is 1.78. The van der Waals surface area contributed by atoms with E-state index in [0.29, 0.717) is 23.9 Å². The number of hydrogen-bond acceptors (Lipinski definition) is 5. The third-order valence-electron chi connectivity index (χ3n) is 5.13. The molecule has 1 aromatic heterocycles. The molecule has 0 bridgehead atoms. The van der Waals surface area contributed by atoms with Crippen LogP contribution >= 0.6 is 11.6 Å². The average Bonchev–Trinajstić information content (AvgIpc) is 2.74. The molecule has 0 saturated carbocycles. The van der Waals surface area contributed by atoms with E-state index >= 15 is 0 Å². The van der Waals surface area contributed by atoms with Gasteiger partial charge in [-0.05, 0) is 37.0 Å². The first-order valence-corrected chi connectivity index (χ1v) is 9.79.